The summed E-state index contributed by atoms with van der Waals surface area (Å²) in [5.41, 5.74) is 3.94. The van der Waals surface area contributed by atoms with Crippen LogP contribution in [0.15, 0.2) is 36.4 Å². The number of rotatable bonds is 4. The standard InChI is InChI=1S/C26H29NO4/c1-29-19-7-5-17-12-22-20-4-2-3-9-26(20,21(17)14-19)10-11-27(22)15-23(28)18-6-8-24-25(13-18)31-16-30-24/h5-8,13-14,20,22H,2-4,9-12,15-16H2,1H3/t20-,22-,26-/m0/s1. The number of piperidine rings is 1. The molecule has 2 aromatic carbocycles. The number of carbonyl (C=O) groups excluding carboxylic acids is 1. The topological polar surface area (TPSA) is 48.0 Å². The normalized spacial score (nSPS) is 28.5. The molecule has 0 unspecified atom stereocenters. The van der Waals surface area contributed by atoms with Crippen LogP contribution in [-0.4, -0.2) is 43.7 Å². The summed E-state index contributed by atoms with van der Waals surface area (Å²) in [5.74, 6) is 3.16. The number of ketones is 1. The minimum Gasteiger partial charge on any atom is -0.497 e. The highest BCUT2D eigenvalue weighted by Gasteiger charge is 2.54. The number of nitrogens with zero attached hydrogens (tertiary/aromatic N) is 1. The fourth-order valence-electron chi connectivity index (χ4n) is 6.73. The highest BCUT2D eigenvalue weighted by Crippen LogP contribution is 2.56. The van der Waals surface area contributed by atoms with Crippen molar-refractivity contribution in [2.24, 2.45) is 5.92 Å². The maximum absolute atomic E-state index is 13.2. The molecule has 4 aliphatic rings. The van der Waals surface area contributed by atoms with Crippen molar-refractivity contribution in [3.05, 3.63) is 53.1 Å². The van der Waals surface area contributed by atoms with Gasteiger partial charge in [-0.25, -0.2) is 0 Å². The number of ether oxygens (including phenoxy) is 3. The van der Waals surface area contributed by atoms with E-state index in [9.17, 15) is 4.79 Å². The van der Waals surface area contributed by atoms with Crippen molar-refractivity contribution >= 4 is 5.78 Å². The third-order valence-electron chi connectivity index (χ3n) is 8.20. The van der Waals surface area contributed by atoms with Crippen LogP contribution in [-0.2, 0) is 11.8 Å². The average Bonchev–Trinajstić information content (AvgIpc) is 3.28. The van der Waals surface area contributed by atoms with Gasteiger partial charge in [0.2, 0.25) is 6.79 Å². The minimum atomic E-state index is 0.169. The van der Waals surface area contributed by atoms with Gasteiger partial charge in [-0.3, -0.25) is 9.69 Å². The van der Waals surface area contributed by atoms with Crippen molar-refractivity contribution in [3.63, 3.8) is 0 Å². The third kappa shape index (κ3) is 2.97. The molecule has 0 N–H and O–H groups in total. The van der Waals surface area contributed by atoms with Crippen LogP contribution in [0.4, 0.5) is 0 Å². The lowest BCUT2D eigenvalue weighted by molar-refractivity contribution is -0.00848. The molecule has 2 aliphatic heterocycles. The molecule has 2 heterocycles. The molecule has 0 spiro atoms. The number of methoxy groups -OCH3 is 1. The van der Waals surface area contributed by atoms with Gasteiger partial charge in [0, 0.05) is 17.0 Å². The van der Waals surface area contributed by atoms with Gasteiger partial charge in [-0.2, -0.15) is 0 Å². The zero-order valence-corrected chi connectivity index (χ0v) is 18.1. The van der Waals surface area contributed by atoms with E-state index in [-0.39, 0.29) is 18.0 Å². The van der Waals surface area contributed by atoms with E-state index in [1.807, 2.05) is 18.2 Å². The number of likely N-dealkylation sites (tertiary alicyclic amines) is 1. The molecule has 2 aliphatic carbocycles. The maximum Gasteiger partial charge on any atom is 0.231 e. The lowest BCUT2D eigenvalue weighted by atomic mass is 9.52. The molecule has 1 saturated carbocycles. The van der Waals surface area contributed by atoms with Gasteiger partial charge in [0.05, 0.1) is 13.7 Å². The first-order valence-corrected chi connectivity index (χ1v) is 11.5. The van der Waals surface area contributed by atoms with E-state index in [1.165, 1.54) is 36.8 Å². The zero-order valence-electron chi connectivity index (χ0n) is 18.1. The van der Waals surface area contributed by atoms with E-state index in [0.29, 0.717) is 29.8 Å². The number of hydrogen-bond acceptors (Lipinski definition) is 5. The Morgan fingerprint density at radius 2 is 2.03 bits per heavy atom. The van der Waals surface area contributed by atoms with E-state index in [1.54, 1.807) is 7.11 Å². The van der Waals surface area contributed by atoms with Crippen molar-refractivity contribution in [1.82, 2.24) is 4.90 Å². The van der Waals surface area contributed by atoms with Crippen LogP contribution in [0, 0.1) is 5.92 Å². The molecule has 0 radical (unpaired) electrons. The van der Waals surface area contributed by atoms with Gasteiger partial charge >= 0.3 is 0 Å². The van der Waals surface area contributed by atoms with Crippen molar-refractivity contribution in [3.8, 4) is 17.2 Å². The molecule has 5 nitrogen and oxygen atoms in total. The predicted octanol–water partition coefficient (Wildman–Crippen LogP) is 4.37. The second kappa shape index (κ2) is 7.27. The number of Topliss-reactive ketones (excluding diaryl/α,β-unsaturated/α-hetero) is 1. The molecule has 0 amide bonds. The van der Waals surface area contributed by atoms with Crippen LogP contribution in [0.1, 0.15) is 53.6 Å². The predicted molar refractivity (Wildman–Crippen MR) is 117 cm³/mol. The van der Waals surface area contributed by atoms with Crippen LogP contribution >= 0.6 is 0 Å². The van der Waals surface area contributed by atoms with Gasteiger partial charge in [0.1, 0.15) is 5.75 Å². The molecule has 0 aromatic heterocycles. The second-order valence-corrected chi connectivity index (χ2v) is 9.51. The monoisotopic (exact) mass is 419 g/mol. The molecule has 31 heavy (non-hydrogen) atoms. The first kappa shape index (κ1) is 19.2. The minimum absolute atomic E-state index is 0.169. The average molecular weight is 420 g/mol. The molecule has 2 aromatic rings. The Kier molecular flexibility index (Phi) is 4.49. The molecule has 3 atom stereocenters. The zero-order chi connectivity index (χ0) is 21.0. The summed E-state index contributed by atoms with van der Waals surface area (Å²) in [5, 5.41) is 0. The van der Waals surface area contributed by atoms with Gasteiger partial charge in [0.25, 0.3) is 0 Å². The number of fused-ring (bicyclic) bond motifs is 2. The first-order valence-electron chi connectivity index (χ1n) is 11.5. The summed E-state index contributed by atoms with van der Waals surface area (Å²) < 4.78 is 16.4. The molecular weight excluding hydrogens is 390 g/mol. The maximum atomic E-state index is 13.2. The first-order chi connectivity index (χ1) is 15.2. The van der Waals surface area contributed by atoms with Crippen molar-refractivity contribution in [2.45, 2.75) is 50.0 Å². The summed E-state index contributed by atoms with van der Waals surface area (Å²) in [7, 11) is 1.76. The second-order valence-electron chi connectivity index (χ2n) is 9.51. The van der Waals surface area contributed by atoms with Crippen molar-refractivity contribution < 1.29 is 19.0 Å². The number of carbonyl (C=O) groups is 1. The quantitative estimate of drug-likeness (QED) is 0.689. The van der Waals surface area contributed by atoms with E-state index in [2.05, 4.69) is 23.1 Å². The Balaban J connectivity index is 1.30. The van der Waals surface area contributed by atoms with E-state index in [0.717, 1.165) is 30.9 Å². The summed E-state index contributed by atoms with van der Waals surface area (Å²) in [6.45, 7) is 1.69. The lowest BCUT2D eigenvalue weighted by Crippen LogP contribution is -2.61. The fourth-order valence-corrected chi connectivity index (χ4v) is 6.73. The van der Waals surface area contributed by atoms with E-state index < -0.39 is 0 Å². The Morgan fingerprint density at radius 1 is 1.13 bits per heavy atom. The smallest absolute Gasteiger partial charge is 0.231 e. The highest BCUT2D eigenvalue weighted by atomic mass is 16.7. The van der Waals surface area contributed by atoms with Gasteiger partial charge in [-0.15, -0.1) is 0 Å². The third-order valence-corrected chi connectivity index (χ3v) is 8.20. The van der Waals surface area contributed by atoms with Crippen LogP contribution in [0.25, 0.3) is 0 Å². The van der Waals surface area contributed by atoms with Crippen molar-refractivity contribution in [2.75, 3.05) is 27.0 Å². The molecule has 1 saturated heterocycles. The molecule has 2 bridgehead atoms. The molecular formula is C26H29NO4. The molecule has 2 fully saturated rings. The molecule has 5 heteroatoms. The summed E-state index contributed by atoms with van der Waals surface area (Å²) in [6.07, 6.45) is 7.28. The van der Waals surface area contributed by atoms with Crippen LogP contribution in [0.2, 0.25) is 0 Å². The Morgan fingerprint density at radius 3 is 2.94 bits per heavy atom. The van der Waals surface area contributed by atoms with E-state index >= 15 is 0 Å². The van der Waals surface area contributed by atoms with Crippen molar-refractivity contribution in [1.29, 1.82) is 0 Å². The van der Waals surface area contributed by atoms with Crippen LogP contribution in [0.3, 0.4) is 0 Å². The van der Waals surface area contributed by atoms with Gasteiger partial charge in [-0.05, 0) is 79.6 Å². The van der Waals surface area contributed by atoms with Gasteiger partial charge in [-0.1, -0.05) is 18.9 Å². The largest absolute Gasteiger partial charge is 0.497 e. The van der Waals surface area contributed by atoms with Gasteiger partial charge in [0.15, 0.2) is 17.3 Å². The summed E-state index contributed by atoms with van der Waals surface area (Å²) in [4.78, 5) is 15.7. The Bertz CT molecular complexity index is 1030. The summed E-state index contributed by atoms with van der Waals surface area (Å²) in [6, 6.07) is 12.6. The molecule has 162 valence electrons. The number of benzene rings is 2. The van der Waals surface area contributed by atoms with E-state index in [4.69, 9.17) is 14.2 Å². The van der Waals surface area contributed by atoms with Crippen LogP contribution < -0.4 is 14.2 Å². The highest BCUT2D eigenvalue weighted by molar-refractivity contribution is 5.98. The SMILES string of the molecule is COc1ccc2c(c1)[C@]13CCCC[C@H]1[C@H](C2)N(CC(=O)c1ccc2c(c1)OCO2)CC3. The lowest BCUT2D eigenvalue weighted by Gasteiger charge is -2.59. The Hall–Kier alpha value is -2.53. The van der Waals surface area contributed by atoms with Crippen LogP contribution in [0.5, 0.6) is 17.2 Å². The summed E-state index contributed by atoms with van der Waals surface area (Å²) >= 11 is 0. The Labute approximate surface area is 183 Å². The molecule has 6 rings (SSSR count). The number of hydrogen-bond donors (Lipinski definition) is 0. The van der Waals surface area contributed by atoms with Gasteiger partial charge < -0.3 is 14.2 Å². The fraction of sp³-hybridized carbons (Fsp3) is 0.500.